The molecule has 234 valence electrons. The number of hydrogen-bond acceptors (Lipinski definition) is 4. The average Bonchev–Trinajstić information content (AvgIpc) is 3.06. The van der Waals surface area contributed by atoms with Crippen molar-refractivity contribution in [1.29, 1.82) is 0 Å². The number of unbranched alkanes of at least 4 members (excludes halogenated alkanes) is 8. The second-order valence-corrected chi connectivity index (χ2v) is 11.8. The summed E-state index contributed by atoms with van der Waals surface area (Å²) < 4.78 is 17.6. The lowest BCUT2D eigenvalue weighted by Crippen LogP contribution is -2.14. The van der Waals surface area contributed by atoms with Crippen LogP contribution in [0.25, 0.3) is 21.9 Å². The maximum Gasteiger partial charge on any atom is 0.313 e. The predicted octanol–water partition coefficient (Wildman–Crippen LogP) is 11.1. The molecule has 0 saturated heterocycles. The number of hydrogen-bond donors (Lipinski definition) is 0. The van der Waals surface area contributed by atoms with Crippen molar-refractivity contribution in [2.45, 2.75) is 97.5 Å². The van der Waals surface area contributed by atoms with Crippen LogP contribution in [0.5, 0.6) is 11.5 Å². The maximum atomic E-state index is 12.5. The van der Waals surface area contributed by atoms with Crippen molar-refractivity contribution in [3.8, 4) is 22.6 Å². The zero-order chi connectivity index (χ0) is 31.0. The highest BCUT2D eigenvalue weighted by molar-refractivity contribution is 5.86. The van der Waals surface area contributed by atoms with Crippen molar-refractivity contribution in [2.24, 2.45) is 0 Å². The van der Waals surface area contributed by atoms with E-state index >= 15 is 0 Å². The number of ether oxygens (including phenoxy) is 3. The third kappa shape index (κ3) is 10.4. The lowest BCUT2D eigenvalue weighted by Gasteiger charge is -2.13. The fraction of sp³-hybridized carbons (Fsp3) is 0.425. The second-order valence-electron chi connectivity index (χ2n) is 11.8. The summed E-state index contributed by atoms with van der Waals surface area (Å²) in [6, 6.07) is 29.2. The monoisotopic (exact) mass is 594 g/mol. The molecule has 0 bridgehead atoms. The molecule has 0 saturated carbocycles. The summed E-state index contributed by atoms with van der Waals surface area (Å²) in [7, 11) is 0. The minimum Gasteiger partial charge on any atom is -0.494 e. The van der Waals surface area contributed by atoms with Crippen molar-refractivity contribution in [3.63, 3.8) is 0 Å². The quantitative estimate of drug-likeness (QED) is 0.0800. The summed E-state index contributed by atoms with van der Waals surface area (Å²) in [5.41, 5.74) is 4.44. The Morgan fingerprint density at radius 2 is 1.16 bits per heavy atom. The van der Waals surface area contributed by atoms with Gasteiger partial charge in [0.05, 0.1) is 19.1 Å². The van der Waals surface area contributed by atoms with Gasteiger partial charge in [-0.05, 0) is 77.1 Å². The summed E-state index contributed by atoms with van der Waals surface area (Å²) in [6.07, 6.45) is 12.0. The van der Waals surface area contributed by atoms with Crippen molar-refractivity contribution < 1.29 is 19.0 Å². The van der Waals surface area contributed by atoms with E-state index in [9.17, 15) is 4.79 Å². The highest BCUT2D eigenvalue weighted by Gasteiger charge is 2.17. The molecule has 0 unspecified atom stereocenters. The smallest absolute Gasteiger partial charge is 0.313 e. The highest BCUT2D eigenvalue weighted by atomic mass is 16.5. The van der Waals surface area contributed by atoms with Crippen LogP contribution in [0.4, 0.5) is 0 Å². The van der Waals surface area contributed by atoms with Crippen LogP contribution in [0, 0.1) is 0 Å². The number of rotatable bonds is 19. The van der Waals surface area contributed by atoms with Crippen molar-refractivity contribution in [3.05, 3.63) is 96.1 Å². The molecule has 0 radical (unpaired) electrons. The Bertz CT molecular complexity index is 1410. The first-order valence-corrected chi connectivity index (χ1v) is 16.7. The van der Waals surface area contributed by atoms with Crippen LogP contribution in [0.15, 0.2) is 84.9 Å². The number of fused-ring (bicyclic) bond motifs is 1. The normalized spacial score (nSPS) is 11.8. The number of benzene rings is 4. The fourth-order valence-electron chi connectivity index (χ4n) is 5.34. The molecule has 4 aromatic rings. The largest absolute Gasteiger partial charge is 0.494 e. The minimum absolute atomic E-state index is 0.156. The van der Waals surface area contributed by atoms with Crippen LogP contribution in [-0.2, 0) is 16.1 Å². The molecule has 4 nitrogen and oxygen atoms in total. The van der Waals surface area contributed by atoms with E-state index in [0.29, 0.717) is 13.2 Å². The molecule has 0 spiro atoms. The molecule has 44 heavy (non-hydrogen) atoms. The molecule has 0 N–H and O–H groups in total. The van der Waals surface area contributed by atoms with E-state index in [2.05, 4.69) is 86.6 Å². The lowest BCUT2D eigenvalue weighted by atomic mass is 9.98. The molecule has 0 fully saturated rings. The van der Waals surface area contributed by atoms with E-state index in [4.69, 9.17) is 14.2 Å². The van der Waals surface area contributed by atoms with Gasteiger partial charge in [0.2, 0.25) is 0 Å². The molecular weight excluding hydrogens is 544 g/mol. The van der Waals surface area contributed by atoms with Crippen molar-refractivity contribution in [1.82, 2.24) is 0 Å². The van der Waals surface area contributed by atoms with Gasteiger partial charge in [-0.15, -0.1) is 0 Å². The lowest BCUT2D eigenvalue weighted by molar-refractivity contribution is -0.145. The van der Waals surface area contributed by atoms with E-state index in [1.54, 1.807) is 0 Å². The molecule has 4 heteroatoms. The summed E-state index contributed by atoms with van der Waals surface area (Å²) in [5, 5.41) is 2.17. The van der Waals surface area contributed by atoms with Crippen molar-refractivity contribution >= 4 is 16.7 Å². The first-order valence-electron chi connectivity index (χ1n) is 16.7. The predicted molar refractivity (Wildman–Crippen MR) is 183 cm³/mol. The van der Waals surface area contributed by atoms with Crippen LogP contribution in [-0.4, -0.2) is 19.2 Å². The zero-order valence-corrected chi connectivity index (χ0v) is 27.0. The van der Waals surface area contributed by atoms with Gasteiger partial charge in [0, 0.05) is 0 Å². The first kappa shape index (κ1) is 33.1. The molecule has 0 aliphatic carbocycles. The van der Waals surface area contributed by atoms with Gasteiger partial charge in [0.15, 0.2) is 0 Å². The standard InChI is InChI=1S/C40H50O4/c1-4-6-8-10-11-13-26-42-38-23-20-34(21-24-38)33-16-14-32(15-17-33)30-44-39-25-22-36-28-35(18-19-37(36)29-39)31(3)40(41)43-27-12-9-7-5-2/h14-25,28-29,31H,4-13,26-27,30H2,1-3H3/t31-/m0/s1. The number of carbonyl (C=O) groups is 1. The van der Waals surface area contributed by atoms with Gasteiger partial charge in [0.25, 0.3) is 0 Å². The molecule has 1 atom stereocenters. The Morgan fingerprint density at radius 1 is 0.591 bits per heavy atom. The molecule has 0 aromatic heterocycles. The summed E-state index contributed by atoms with van der Waals surface area (Å²) in [5.74, 6) is 1.32. The Morgan fingerprint density at radius 3 is 1.89 bits per heavy atom. The second kappa shape index (κ2) is 18.1. The Kier molecular flexibility index (Phi) is 13.6. The van der Waals surface area contributed by atoms with E-state index in [-0.39, 0.29) is 11.9 Å². The topological polar surface area (TPSA) is 44.8 Å². The van der Waals surface area contributed by atoms with Crippen LogP contribution in [0.1, 0.15) is 102 Å². The van der Waals surface area contributed by atoms with Crippen LogP contribution in [0.2, 0.25) is 0 Å². The van der Waals surface area contributed by atoms with E-state index < -0.39 is 0 Å². The van der Waals surface area contributed by atoms with Gasteiger partial charge in [-0.3, -0.25) is 4.79 Å². The molecule has 0 amide bonds. The third-order valence-corrected chi connectivity index (χ3v) is 8.25. The van der Waals surface area contributed by atoms with Gasteiger partial charge < -0.3 is 14.2 Å². The zero-order valence-electron chi connectivity index (χ0n) is 27.0. The summed E-state index contributed by atoms with van der Waals surface area (Å²) in [6.45, 7) is 8.13. The van der Waals surface area contributed by atoms with Gasteiger partial charge in [-0.1, -0.05) is 126 Å². The van der Waals surface area contributed by atoms with E-state index in [1.165, 1.54) is 56.1 Å². The highest BCUT2D eigenvalue weighted by Crippen LogP contribution is 2.27. The Balaban J connectivity index is 1.24. The summed E-state index contributed by atoms with van der Waals surface area (Å²) >= 11 is 0. The van der Waals surface area contributed by atoms with E-state index in [0.717, 1.165) is 59.3 Å². The first-order chi connectivity index (χ1) is 21.6. The SMILES string of the molecule is CCCCCCCCOc1ccc(-c2ccc(COc3ccc4cc([C@H](C)C(=O)OCCCCCC)ccc4c3)cc2)cc1. The molecule has 4 aromatic carbocycles. The van der Waals surface area contributed by atoms with Gasteiger partial charge in [0.1, 0.15) is 18.1 Å². The van der Waals surface area contributed by atoms with Gasteiger partial charge in [-0.2, -0.15) is 0 Å². The third-order valence-electron chi connectivity index (χ3n) is 8.25. The van der Waals surface area contributed by atoms with Crippen molar-refractivity contribution in [2.75, 3.05) is 13.2 Å². The average molecular weight is 595 g/mol. The molecule has 0 heterocycles. The Hall–Kier alpha value is -3.79. The Labute approximate surface area is 264 Å². The molecule has 0 aliphatic heterocycles. The number of esters is 1. The fourth-order valence-corrected chi connectivity index (χ4v) is 5.34. The van der Waals surface area contributed by atoms with Crippen LogP contribution >= 0.6 is 0 Å². The maximum absolute atomic E-state index is 12.5. The molecular formula is C40H50O4. The van der Waals surface area contributed by atoms with Gasteiger partial charge >= 0.3 is 5.97 Å². The summed E-state index contributed by atoms with van der Waals surface area (Å²) in [4.78, 5) is 12.5. The minimum atomic E-state index is -0.286. The molecule has 0 aliphatic rings. The van der Waals surface area contributed by atoms with Crippen LogP contribution in [0.3, 0.4) is 0 Å². The van der Waals surface area contributed by atoms with E-state index in [1.807, 2.05) is 19.1 Å². The van der Waals surface area contributed by atoms with Gasteiger partial charge in [-0.25, -0.2) is 0 Å². The van der Waals surface area contributed by atoms with Crippen LogP contribution < -0.4 is 9.47 Å². The molecule has 4 rings (SSSR count). The number of carbonyl (C=O) groups excluding carboxylic acids is 1.